The van der Waals surface area contributed by atoms with Crippen LogP contribution in [0.1, 0.15) is 81.9 Å². The van der Waals surface area contributed by atoms with Crippen molar-refractivity contribution in [1.82, 2.24) is 10.2 Å². The van der Waals surface area contributed by atoms with Gasteiger partial charge in [-0.05, 0) is 63.3 Å². The smallest absolute Gasteiger partial charge is 0.410 e. The zero-order valence-corrected chi connectivity index (χ0v) is 22.9. The van der Waals surface area contributed by atoms with Crippen LogP contribution in [0, 0.1) is 11.3 Å². The van der Waals surface area contributed by atoms with Gasteiger partial charge >= 0.3 is 6.09 Å². The van der Waals surface area contributed by atoms with Gasteiger partial charge in [-0.3, -0.25) is 0 Å². The van der Waals surface area contributed by atoms with Crippen LogP contribution in [0.2, 0.25) is 0 Å². The van der Waals surface area contributed by atoms with Crippen LogP contribution in [-0.4, -0.2) is 53.0 Å². The molecule has 2 aromatic carbocycles. The summed E-state index contributed by atoms with van der Waals surface area (Å²) in [5, 5.41) is 25.0. The highest BCUT2D eigenvalue weighted by Gasteiger charge is 2.41. The molecule has 1 saturated heterocycles. The van der Waals surface area contributed by atoms with Crippen LogP contribution < -0.4 is 10.1 Å². The van der Waals surface area contributed by atoms with Crippen molar-refractivity contribution in [3.05, 3.63) is 65.2 Å². The van der Waals surface area contributed by atoms with E-state index in [-0.39, 0.29) is 18.1 Å². The molecule has 2 atom stereocenters. The van der Waals surface area contributed by atoms with Crippen molar-refractivity contribution in [2.24, 2.45) is 0 Å². The van der Waals surface area contributed by atoms with Crippen LogP contribution in [0.4, 0.5) is 4.79 Å². The van der Waals surface area contributed by atoms with Gasteiger partial charge in [0.2, 0.25) is 0 Å². The number of carbonyl (C=O) groups is 1. The summed E-state index contributed by atoms with van der Waals surface area (Å²) in [6, 6.07) is 17.7. The van der Waals surface area contributed by atoms with Crippen molar-refractivity contribution >= 4 is 6.09 Å². The van der Waals surface area contributed by atoms with E-state index in [0.717, 1.165) is 43.2 Å². The molecule has 2 aliphatic rings. The maximum atomic E-state index is 13.3. The first-order valence-electron chi connectivity index (χ1n) is 13.8. The number of ether oxygens (including phenoxy) is 2. The quantitative estimate of drug-likeness (QED) is 0.501. The molecule has 1 amide bonds. The van der Waals surface area contributed by atoms with Crippen molar-refractivity contribution in [1.29, 1.82) is 5.26 Å². The number of hydrogen-bond acceptors (Lipinski definition) is 6. The third-order valence-electron chi connectivity index (χ3n) is 7.55. The monoisotopic (exact) mass is 519 g/mol. The van der Waals surface area contributed by atoms with Crippen LogP contribution >= 0.6 is 0 Å². The fourth-order valence-electron chi connectivity index (χ4n) is 5.66. The molecule has 0 aromatic heterocycles. The normalized spacial score (nSPS) is 20.3. The van der Waals surface area contributed by atoms with Gasteiger partial charge in [0.15, 0.2) is 0 Å². The molecule has 1 aliphatic heterocycles. The predicted molar refractivity (Wildman–Crippen MR) is 147 cm³/mol. The highest BCUT2D eigenvalue weighted by molar-refractivity contribution is 5.69. The summed E-state index contributed by atoms with van der Waals surface area (Å²) in [5.74, 6) is 0.356. The van der Waals surface area contributed by atoms with Gasteiger partial charge in [-0.2, -0.15) is 5.26 Å². The van der Waals surface area contributed by atoms with Crippen molar-refractivity contribution in [2.45, 2.75) is 89.1 Å². The van der Waals surface area contributed by atoms with Gasteiger partial charge < -0.3 is 24.8 Å². The molecule has 7 nitrogen and oxygen atoms in total. The number of aliphatic hydroxyl groups is 1. The van der Waals surface area contributed by atoms with Crippen molar-refractivity contribution in [2.75, 3.05) is 19.6 Å². The Morgan fingerprint density at radius 1 is 1.18 bits per heavy atom. The molecule has 7 heteroatoms. The number of nitriles is 1. The summed E-state index contributed by atoms with van der Waals surface area (Å²) >= 11 is 0. The minimum Gasteiger partial charge on any atom is -0.488 e. The number of hydrogen-bond donors (Lipinski definition) is 2. The Balaban J connectivity index is 1.64. The second kappa shape index (κ2) is 12.2. The van der Waals surface area contributed by atoms with E-state index in [1.807, 2.05) is 74.2 Å². The Bertz CT molecular complexity index is 1120. The molecule has 2 aromatic rings. The number of benzene rings is 2. The van der Waals surface area contributed by atoms with E-state index in [4.69, 9.17) is 9.47 Å². The zero-order chi connectivity index (χ0) is 27.2. The summed E-state index contributed by atoms with van der Waals surface area (Å²) in [6.07, 6.45) is 4.81. The van der Waals surface area contributed by atoms with Crippen LogP contribution in [0.5, 0.6) is 5.75 Å². The fraction of sp³-hybridized carbons (Fsp3) is 0.548. The van der Waals surface area contributed by atoms with Gasteiger partial charge in [0.1, 0.15) is 24.0 Å². The van der Waals surface area contributed by atoms with Crippen molar-refractivity contribution < 1.29 is 19.4 Å². The summed E-state index contributed by atoms with van der Waals surface area (Å²) in [7, 11) is 0. The Hall–Kier alpha value is -3.08. The molecule has 2 fully saturated rings. The minimum atomic E-state index is -0.796. The third-order valence-corrected chi connectivity index (χ3v) is 7.55. The number of rotatable bonds is 7. The average Bonchev–Trinajstić information content (AvgIpc) is 2.90. The average molecular weight is 520 g/mol. The Kier molecular flexibility index (Phi) is 8.96. The number of nitrogens with zero attached hydrogens (tertiary/aromatic N) is 2. The fourth-order valence-corrected chi connectivity index (χ4v) is 5.66. The van der Waals surface area contributed by atoms with Gasteiger partial charge in [-0.1, -0.05) is 55.7 Å². The van der Waals surface area contributed by atoms with E-state index in [9.17, 15) is 15.2 Å². The lowest BCUT2D eigenvalue weighted by atomic mass is 9.74. The summed E-state index contributed by atoms with van der Waals surface area (Å²) in [6.45, 7) is 7.79. The highest BCUT2D eigenvalue weighted by atomic mass is 16.6. The molecule has 2 N–H and O–H groups in total. The second-order valence-corrected chi connectivity index (χ2v) is 11.7. The van der Waals surface area contributed by atoms with Crippen LogP contribution in [0.3, 0.4) is 0 Å². The third kappa shape index (κ3) is 7.27. The maximum Gasteiger partial charge on any atom is 0.410 e. The molecule has 38 heavy (non-hydrogen) atoms. The standard InChI is InChI=1S/C31H41N3O4/c1-30(2,3)38-29(35)34-17-16-33-21-27(34)26(19-31(36)14-8-5-9-15-31)24-12-13-28(25(18-24)20-32)37-22-23-10-6-4-7-11-23/h4,6-7,10-13,18,26-27,33,36H,5,8-9,14-17,19,21-22H2,1-3H3. The van der Waals surface area contributed by atoms with Gasteiger partial charge in [0.05, 0.1) is 17.2 Å². The number of piperazine rings is 1. The van der Waals surface area contributed by atoms with E-state index in [1.165, 1.54) is 0 Å². The lowest BCUT2D eigenvalue weighted by Crippen LogP contribution is -2.57. The molecular weight excluding hydrogens is 478 g/mol. The van der Waals surface area contributed by atoms with Crippen molar-refractivity contribution in [3.8, 4) is 11.8 Å². The van der Waals surface area contributed by atoms with E-state index >= 15 is 0 Å². The Labute approximate surface area is 226 Å². The molecule has 1 saturated carbocycles. The van der Waals surface area contributed by atoms with E-state index in [0.29, 0.717) is 44.0 Å². The highest BCUT2D eigenvalue weighted by Crippen LogP contribution is 2.40. The zero-order valence-electron chi connectivity index (χ0n) is 22.9. The Morgan fingerprint density at radius 3 is 2.61 bits per heavy atom. The molecular formula is C31H41N3O4. The number of carbonyl (C=O) groups excluding carboxylic acids is 1. The lowest BCUT2D eigenvalue weighted by molar-refractivity contribution is -0.0262. The van der Waals surface area contributed by atoms with Crippen LogP contribution in [0.25, 0.3) is 0 Å². The van der Waals surface area contributed by atoms with Crippen LogP contribution in [0.15, 0.2) is 48.5 Å². The number of nitrogens with one attached hydrogen (secondary N) is 1. The minimum absolute atomic E-state index is 0.173. The SMILES string of the molecule is CC(C)(C)OC(=O)N1CCNCC1C(CC1(O)CCCCC1)c1ccc(OCc2ccccc2)c(C#N)c1. The van der Waals surface area contributed by atoms with Gasteiger partial charge in [0, 0.05) is 25.6 Å². The van der Waals surface area contributed by atoms with Gasteiger partial charge in [0.25, 0.3) is 0 Å². The lowest BCUT2D eigenvalue weighted by Gasteiger charge is -2.44. The van der Waals surface area contributed by atoms with E-state index < -0.39 is 11.2 Å². The second-order valence-electron chi connectivity index (χ2n) is 11.7. The first-order valence-corrected chi connectivity index (χ1v) is 13.8. The van der Waals surface area contributed by atoms with E-state index in [2.05, 4.69) is 11.4 Å². The first kappa shape index (κ1) is 27.9. The molecule has 0 spiro atoms. The molecule has 4 rings (SSSR count). The molecule has 204 valence electrons. The first-order chi connectivity index (χ1) is 18.2. The molecule has 2 unspecified atom stereocenters. The van der Waals surface area contributed by atoms with Crippen molar-refractivity contribution in [3.63, 3.8) is 0 Å². The van der Waals surface area contributed by atoms with Gasteiger partial charge in [-0.25, -0.2) is 4.79 Å². The molecule has 1 heterocycles. The van der Waals surface area contributed by atoms with E-state index in [1.54, 1.807) is 0 Å². The summed E-state index contributed by atoms with van der Waals surface area (Å²) < 4.78 is 11.8. The Morgan fingerprint density at radius 2 is 1.92 bits per heavy atom. The molecule has 0 radical (unpaired) electrons. The number of amides is 1. The maximum absolute atomic E-state index is 13.3. The summed E-state index contributed by atoms with van der Waals surface area (Å²) in [5.41, 5.74) is 1.01. The molecule has 1 aliphatic carbocycles. The largest absolute Gasteiger partial charge is 0.488 e. The topological polar surface area (TPSA) is 94.8 Å². The molecule has 0 bridgehead atoms. The predicted octanol–water partition coefficient (Wildman–Crippen LogP) is 5.52. The summed E-state index contributed by atoms with van der Waals surface area (Å²) in [4.78, 5) is 15.1. The van der Waals surface area contributed by atoms with Gasteiger partial charge in [-0.15, -0.1) is 0 Å². The van der Waals surface area contributed by atoms with Crippen LogP contribution in [-0.2, 0) is 11.3 Å².